The Morgan fingerprint density at radius 3 is 2.65 bits per heavy atom. The number of carbonyl (C=O) groups excluding carboxylic acids is 2. The molecule has 0 atom stereocenters. The van der Waals surface area contributed by atoms with Crippen LogP contribution in [0.4, 0.5) is 11.4 Å². The third kappa shape index (κ3) is 3.74. The van der Waals surface area contributed by atoms with Gasteiger partial charge >= 0.3 is 0 Å². The third-order valence-electron chi connectivity index (χ3n) is 4.67. The molecule has 0 bridgehead atoms. The van der Waals surface area contributed by atoms with Crippen LogP contribution in [0, 0.1) is 17.0 Å². The predicted molar refractivity (Wildman–Crippen MR) is 112 cm³/mol. The van der Waals surface area contributed by atoms with Crippen LogP contribution in [0.3, 0.4) is 0 Å². The van der Waals surface area contributed by atoms with E-state index in [0.29, 0.717) is 10.7 Å². The monoisotopic (exact) mass is 439 g/mol. The van der Waals surface area contributed by atoms with Crippen molar-refractivity contribution in [3.05, 3.63) is 80.6 Å². The molecule has 10 heteroatoms. The van der Waals surface area contributed by atoms with Crippen molar-refractivity contribution in [1.29, 1.82) is 0 Å². The Kier molecular flexibility index (Phi) is 4.96. The molecule has 31 heavy (non-hydrogen) atoms. The molecule has 1 saturated heterocycles. The molecule has 1 aromatic heterocycles. The maximum absolute atomic E-state index is 12.7. The number of nitro groups is 1. The maximum atomic E-state index is 12.7. The van der Waals surface area contributed by atoms with Gasteiger partial charge in [-0.25, -0.2) is 5.01 Å². The highest BCUT2D eigenvalue weighted by Crippen LogP contribution is 2.34. The minimum Gasteiger partial charge on any atom is -0.507 e. The van der Waals surface area contributed by atoms with E-state index in [1.807, 2.05) is 6.92 Å². The fraction of sp³-hybridized carbons (Fsp3) is 0.0476. The van der Waals surface area contributed by atoms with Crippen LogP contribution in [0.1, 0.15) is 11.3 Å². The Morgan fingerprint density at radius 1 is 1.16 bits per heavy atom. The van der Waals surface area contributed by atoms with E-state index in [2.05, 4.69) is 5.43 Å². The highest BCUT2D eigenvalue weighted by molar-refractivity contribution is 6.33. The number of nitrogens with one attached hydrogen (secondary N) is 1. The van der Waals surface area contributed by atoms with Crippen molar-refractivity contribution in [3.63, 3.8) is 0 Å². The standard InChI is InChI=1S/C21H14ClN3O6/c1-11-2-3-12(9-17(11)22)24-21(28)16(20(27)23-24)10-14-5-7-19(31-14)15-8-13(25(29)30)4-6-18(15)26/h2-10,26H,1H3,(H,23,27)/b16-10+. The van der Waals surface area contributed by atoms with Gasteiger partial charge in [-0.15, -0.1) is 0 Å². The molecule has 2 aromatic carbocycles. The fourth-order valence-corrected chi connectivity index (χ4v) is 3.19. The number of halogens is 1. The molecule has 0 radical (unpaired) electrons. The van der Waals surface area contributed by atoms with E-state index < -0.39 is 16.7 Å². The number of non-ortho nitro benzene ring substituents is 1. The number of nitrogens with zero attached hydrogens (tertiary/aromatic N) is 2. The first kappa shape index (κ1) is 20.2. The number of amides is 2. The second-order valence-electron chi connectivity index (χ2n) is 6.73. The third-order valence-corrected chi connectivity index (χ3v) is 5.08. The van der Waals surface area contributed by atoms with Gasteiger partial charge in [0, 0.05) is 17.2 Å². The molecule has 4 rings (SSSR count). The molecule has 2 heterocycles. The first-order valence-electron chi connectivity index (χ1n) is 8.95. The number of carbonyl (C=O) groups is 2. The summed E-state index contributed by atoms with van der Waals surface area (Å²) < 4.78 is 5.59. The molecule has 0 saturated carbocycles. The van der Waals surface area contributed by atoms with Crippen molar-refractivity contribution in [3.8, 4) is 17.1 Å². The number of hydrazine groups is 1. The van der Waals surface area contributed by atoms with Crippen LogP contribution in [-0.2, 0) is 9.59 Å². The van der Waals surface area contributed by atoms with Crippen LogP contribution in [0.15, 0.2) is 58.5 Å². The highest BCUT2D eigenvalue weighted by Gasteiger charge is 2.35. The minimum atomic E-state index is -0.627. The summed E-state index contributed by atoms with van der Waals surface area (Å²) in [5, 5.41) is 22.5. The van der Waals surface area contributed by atoms with Crippen molar-refractivity contribution in [2.45, 2.75) is 6.92 Å². The van der Waals surface area contributed by atoms with Gasteiger partial charge in [-0.1, -0.05) is 17.7 Å². The van der Waals surface area contributed by atoms with Crippen molar-refractivity contribution in [2.24, 2.45) is 0 Å². The summed E-state index contributed by atoms with van der Waals surface area (Å²) in [5.41, 5.74) is 3.42. The molecular formula is C21H14ClN3O6. The second kappa shape index (κ2) is 7.62. The van der Waals surface area contributed by atoms with E-state index in [0.717, 1.165) is 16.6 Å². The summed E-state index contributed by atoms with van der Waals surface area (Å²) in [5.74, 6) is -1.14. The number of benzene rings is 2. The molecule has 2 amide bonds. The lowest BCUT2D eigenvalue weighted by molar-refractivity contribution is -0.384. The fourth-order valence-electron chi connectivity index (χ4n) is 3.01. The summed E-state index contributed by atoms with van der Waals surface area (Å²) >= 11 is 6.10. The number of rotatable bonds is 4. The number of hydrogen-bond donors (Lipinski definition) is 2. The van der Waals surface area contributed by atoms with E-state index in [1.165, 1.54) is 30.3 Å². The molecule has 1 aliphatic rings. The molecule has 0 unspecified atom stereocenters. The Labute approximate surface area is 180 Å². The van der Waals surface area contributed by atoms with Gasteiger partial charge in [0.1, 0.15) is 22.8 Å². The summed E-state index contributed by atoms with van der Waals surface area (Å²) in [6, 6.07) is 11.4. The van der Waals surface area contributed by atoms with Crippen LogP contribution >= 0.6 is 11.6 Å². The Morgan fingerprint density at radius 2 is 1.94 bits per heavy atom. The van der Waals surface area contributed by atoms with E-state index in [9.17, 15) is 24.8 Å². The van der Waals surface area contributed by atoms with Gasteiger partial charge in [0.05, 0.1) is 16.2 Å². The van der Waals surface area contributed by atoms with Crippen LogP contribution in [0.25, 0.3) is 17.4 Å². The predicted octanol–water partition coefficient (Wildman–Crippen LogP) is 3.98. The van der Waals surface area contributed by atoms with Gasteiger partial charge in [0.2, 0.25) is 0 Å². The summed E-state index contributed by atoms with van der Waals surface area (Å²) in [6.45, 7) is 1.81. The van der Waals surface area contributed by atoms with E-state index in [1.54, 1.807) is 18.2 Å². The van der Waals surface area contributed by atoms with Crippen LogP contribution in [0.5, 0.6) is 5.75 Å². The molecule has 9 nitrogen and oxygen atoms in total. The number of aromatic hydroxyl groups is 1. The number of nitro benzene ring substituents is 1. The maximum Gasteiger partial charge on any atom is 0.282 e. The quantitative estimate of drug-likeness (QED) is 0.274. The normalized spacial score (nSPS) is 14.9. The molecule has 1 fully saturated rings. The van der Waals surface area contributed by atoms with E-state index in [4.69, 9.17) is 16.0 Å². The van der Waals surface area contributed by atoms with Crippen molar-refractivity contribution in [2.75, 3.05) is 5.01 Å². The Hall–Kier alpha value is -4.11. The summed E-state index contributed by atoms with van der Waals surface area (Å²) in [4.78, 5) is 35.5. The number of aryl methyl sites for hydroxylation is 1. The Bertz CT molecular complexity index is 1280. The van der Waals surface area contributed by atoms with Crippen molar-refractivity contribution in [1.82, 2.24) is 5.43 Å². The van der Waals surface area contributed by atoms with E-state index in [-0.39, 0.29) is 34.1 Å². The number of anilines is 1. The summed E-state index contributed by atoms with van der Waals surface area (Å²) in [6.07, 6.45) is 1.26. The number of furan rings is 1. The summed E-state index contributed by atoms with van der Waals surface area (Å²) in [7, 11) is 0. The van der Waals surface area contributed by atoms with Gasteiger partial charge in [-0.05, 0) is 48.9 Å². The number of phenols is 1. The Balaban J connectivity index is 1.64. The largest absolute Gasteiger partial charge is 0.507 e. The van der Waals surface area contributed by atoms with Crippen LogP contribution in [0.2, 0.25) is 5.02 Å². The van der Waals surface area contributed by atoms with Gasteiger partial charge in [-0.3, -0.25) is 25.1 Å². The minimum absolute atomic E-state index is 0.108. The SMILES string of the molecule is Cc1ccc(N2NC(=O)/C(=C\c3ccc(-c4cc([N+](=O)[O-])ccc4O)o3)C2=O)cc1Cl. The second-order valence-corrected chi connectivity index (χ2v) is 7.14. The zero-order chi connectivity index (χ0) is 22.3. The first-order chi connectivity index (χ1) is 14.7. The molecule has 1 aliphatic heterocycles. The van der Waals surface area contributed by atoms with Gasteiger partial charge < -0.3 is 9.52 Å². The topological polar surface area (TPSA) is 126 Å². The molecule has 2 N–H and O–H groups in total. The van der Waals surface area contributed by atoms with Gasteiger partial charge in [0.25, 0.3) is 17.5 Å². The molecule has 156 valence electrons. The lowest BCUT2D eigenvalue weighted by atomic mass is 10.1. The van der Waals surface area contributed by atoms with E-state index >= 15 is 0 Å². The lowest BCUT2D eigenvalue weighted by Gasteiger charge is -2.15. The number of hydrogen-bond acceptors (Lipinski definition) is 6. The molecule has 0 aliphatic carbocycles. The highest BCUT2D eigenvalue weighted by atomic mass is 35.5. The smallest absolute Gasteiger partial charge is 0.282 e. The molecule has 0 spiro atoms. The van der Waals surface area contributed by atoms with Gasteiger partial charge in [-0.2, -0.15) is 0 Å². The molecular weight excluding hydrogens is 426 g/mol. The zero-order valence-electron chi connectivity index (χ0n) is 16.0. The van der Waals surface area contributed by atoms with Gasteiger partial charge in [0.15, 0.2) is 0 Å². The zero-order valence-corrected chi connectivity index (χ0v) is 16.7. The first-order valence-corrected chi connectivity index (χ1v) is 9.33. The van der Waals surface area contributed by atoms with Crippen molar-refractivity contribution < 1.29 is 24.0 Å². The molecule has 3 aromatic rings. The average Bonchev–Trinajstić information content (AvgIpc) is 3.30. The van der Waals surface area contributed by atoms with Crippen LogP contribution in [-0.4, -0.2) is 21.8 Å². The van der Waals surface area contributed by atoms with Crippen LogP contribution < -0.4 is 10.4 Å². The van der Waals surface area contributed by atoms with Crippen molar-refractivity contribution >= 4 is 40.9 Å². The lowest BCUT2D eigenvalue weighted by Crippen LogP contribution is -2.35. The number of phenolic OH excluding ortho intramolecular Hbond substituents is 1. The average molecular weight is 440 g/mol.